The molecule has 2 aromatic carbocycles. The van der Waals surface area contributed by atoms with E-state index in [4.69, 9.17) is 0 Å². The summed E-state index contributed by atoms with van der Waals surface area (Å²) in [6, 6.07) is 13.2. The first-order valence-corrected chi connectivity index (χ1v) is 8.81. The van der Waals surface area contributed by atoms with E-state index in [1.807, 2.05) is 19.1 Å². The quantitative estimate of drug-likeness (QED) is 0.932. The van der Waals surface area contributed by atoms with Crippen LogP contribution in [0, 0.1) is 13.8 Å². The fraction of sp³-hybridized carbons (Fsp3) is 0.294. The zero-order valence-electron chi connectivity index (χ0n) is 12.8. The molecule has 0 amide bonds. The van der Waals surface area contributed by atoms with Gasteiger partial charge in [-0.25, -0.2) is 8.42 Å². The molecule has 0 spiro atoms. The van der Waals surface area contributed by atoms with Gasteiger partial charge in [-0.1, -0.05) is 30.3 Å². The van der Waals surface area contributed by atoms with E-state index in [-0.39, 0.29) is 6.04 Å². The second-order valence-corrected chi connectivity index (χ2v) is 7.41. The summed E-state index contributed by atoms with van der Waals surface area (Å²) >= 11 is 0. The van der Waals surface area contributed by atoms with Crippen molar-refractivity contribution in [1.82, 2.24) is 0 Å². The number of anilines is 1. The van der Waals surface area contributed by atoms with Crippen molar-refractivity contribution in [3.05, 3.63) is 59.2 Å². The van der Waals surface area contributed by atoms with E-state index in [9.17, 15) is 8.42 Å². The number of benzene rings is 2. The van der Waals surface area contributed by atoms with E-state index in [0.717, 1.165) is 0 Å². The van der Waals surface area contributed by atoms with Crippen LogP contribution in [-0.2, 0) is 9.84 Å². The highest BCUT2D eigenvalue weighted by atomic mass is 32.2. The number of nitrogens with one attached hydrogen (secondary N) is 1. The molecule has 2 aromatic rings. The first-order valence-electron chi connectivity index (χ1n) is 6.92. The van der Waals surface area contributed by atoms with E-state index >= 15 is 0 Å². The molecule has 0 aliphatic rings. The topological polar surface area (TPSA) is 46.2 Å². The first-order chi connectivity index (χ1) is 9.80. The lowest BCUT2D eigenvalue weighted by Crippen LogP contribution is -2.11. The molecule has 4 heteroatoms. The van der Waals surface area contributed by atoms with Crippen LogP contribution >= 0.6 is 0 Å². The lowest BCUT2D eigenvalue weighted by atomic mass is 9.98. The van der Waals surface area contributed by atoms with Gasteiger partial charge in [0.05, 0.1) is 10.6 Å². The van der Waals surface area contributed by atoms with Gasteiger partial charge in [0.25, 0.3) is 0 Å². The fourth-order valence-corrected chi connectivity index (χ4v) is 3.32. The molecular formula is C17H21NO2S. The Hall–Kier alpha value is -1.81. The van der Waals surface area contributed by atoms with Crippen molar-refractivity contribution in [3.8, 4) is 0 Å². The van der Waals surface area contributed by atoms with Gasteiger partial charge < -0.3 is 5.32 Å². The maximum atomic E-state index is 11.9. The maximum Gasteiger partial charge on any atom is 0.177 e. The van der Waals surface area contributed by atoms with Crippen LogP contribution < -0.4 is 5.32 Å². The van der Waals surface area contributed by atoms with Crippen LogP contribution in [0.15, 0.2) is 47.4 Å². The Balaban J connectivity index is 2.37. The van der Waals surface area contributed by atoms with Gasteiger partial charge in [0.1, 0.15) is 0 Å². The van der Waals surface area contributed by atoms with Crippen LogP contribution in [0.3, 0.4) is 0 Å². The molecule has 0 aromatic heterocycles. The minimum absolute atomic E-state index is 0.0350. The van der Waals surface area contributed by atoms with Gasteiger partial charge in [-0.15, -0.1) is 0 Å². The molecule has 112 valence electrons. The Labute approximate surface area is 126 Å². The summed E-state index contributed by atoms with van der Waals surface area (Å²) in [6.07, 6.45) is 1.23. The highest BCUT2D eigenvalue weighted by Gasteiger charge is 2.15. The number of para-hydroxylation sites is 1. The zero-order chi connectivity index (χ0) is 15.6. The Kier molecular flexibility index (Phi) is 4.37. The Morgan fingerprint density at radius 1 is 1.00 bits per heavy atom. The third-order valence-corrected chi connectivity index (χ3v) is 4.93. The van der Waals surface area contributed by atoms with Gasteiger partial charge in [-0.2, -0.15) is 0 Å². The summed E-state index contributed by atoms with van der Waals surface area (Å²) < 4.78 is 23.7. The third-order valence-electron chi connectivity index (χ3n) is 3.77. The lowest BCUT2D eigenvalue weighted by molar-refractivity contribution is 0.602. The average molecular weight is 303 g/mol. The summed E-state index contributed by atoms with van der Waals surface area (Å²) in [6.45, 7) is 6.21. The van der Waals surface area contributed by atoms with Crippen molar-refractivity contribution >= 4 is 15.5 Å². The monoisotopic (exact) mass is 303 g/mol. The smallest absolute Gasteiger partial charge is 0.177 e. The Morgan fingerprint density at radius 2 is 1.67 bits per heavy atom. The van der Waals surface area contributed by atoms with Crippen LogP contribution in [0.5, 0.6) is 0 Å². The minimum atomic E-state index is -3.24. The maximum absolute atomic E-state index is 11.9. The summed E-state index contributed by atoms with van der Waals surface area (Å²) in [7, 11) is -3.24. The molecule has 21 heavy (non-hydrogen) atoms. The number of aryl methyl sites for hydroxylation is 1. The van der Waals surface area contributed by atoms with Crippen LogP contribution in [0.4, 0.5) is 5.69 Å². The third kappa shape index (κ3) is 3.45. The highest BCUT2D eigenvalue weighted by Crippen LogP contribution is 2.27. The highest BCUT2D eigenvalue weighted by molar-refractivity contribution is 7.90. The van der Waals surface area contributed by atoms with Crippen molar-refractivity contribution in [2.24, 2.45) is 0 Å². The van der Waals surface area contributed by atoms with Crippen molar-refractivity contribution in [1.29, 1.82) is 0 Å². The lowest BCUT2D eigenvalue weighted by Gasteiger charge is -2.20. The van der Waals surface area contributed by atoms with E-state index in [0.29, 0.717) is 10.6 Å². The Bertz CT molecular complexity index is 751. The molecular weight excluding hydrogens is 282 g/mol. The van der Waals surface area contributed by atoms with Gasteiger partial charge in [0, 0.05) is 12.3 Å². The van der Waals surface area contributed by atoms with Crippen LogP contribution in [0.25, 0.3) is 0 Å². The van der Waals surface area contributed by atoms with E-state index in [1.165, 1.54) is 22.9 Å². The minimum Gasteiger partial charge on any atom is -0.377 e. The number of rotatable bonds is 4. The summed E-state index contributed by atoms with van der Waals surface area (Å²) in [5.74, 6) is 0. The second-order valence-electron chi connectivity index (χ2n) is 5.42. The van der Waals surface area contributed by atoms with Crippen molar-refractivity contribution in [2.45, 2.75) is 31.7 Å². The molecule has 1 N–H and O–H groups in total. The molecule has 0 heterocycles. The van der Waals surface area contributed by atoms with Gasteiger partial charge in [0.2, 0.25) is 0 Å². The normalized spacial score (nSPS) is 13.0. The fourth-order valence-electron chi connectivity index (χ4n) is 2.46. The predicted octanol–water partition coefficient (Wildman–Crippen LogP) is 3.88. The van der Waals surface area contributed by atoms with Crippen LogP contribution in [0.2, 0.25) is 0 Å². The first kappa shape index (κ1) is 15.6. The number of hydrogen-bond acceptors (Lipinski definition) is 3. The molecule has 0 bridgehead atoms. The second kappa shape index (κ2) is 5.90. The van der Waals surface area contributed by atoms with Crippen LogP contribution in [-0.4, -0.2) is 14.7 Å². The number of sulfone groups is 1. The Morgan fingerprint density at radius 3 is 2.33 bits per heavy atom. The van der Waals surface area contributed by atoms with E-state index < -0.39 is 9.84 Å². The average Bonchev–Trinajstić information content (AvgIpc) is 2.41. The molecule has 3 nitrogen and oxygen atoms in total. The van der Waals surface area contributed by atoms with Crippen molar-refractivity contribution < 1.29 is 8.42 Å². The molecule has 0 saturated carbocycles. The molecule has 0 fully saturated rings. The predicted molar refractivity (Wildman–Crippen MR) is 87.5 cm³/mol. The van der Waals surface area contributed by atoms with Gasteiger partial charge in [-0.3, -0.25) is 0 Å². The number of hydrogen-bond donors (Lipinski definition) is 1. The largest absolute Gasteiger partial charge is 0.377 e. The van der Waals surface area contributed by atoms with Crippen molar-refractivity contribution in [2.75, 3.05) is 11.6 Å². The molecule has 1 atom stereocenters. The van der Waals surface area contributed by atoms with E-state index in [1.54, 1.807) is 18.2 Å². The summed E-state index contributed by atoms with van der Waals surface area (Å²) in [4.78, 5) is 0.335. The van der Waals surface area contributed by atoms with Gasteiger partial charge in [-0.05, 0) is 49.6 Å². The van der Waals surface area contributed by atoms with Crippen LogP contribution in [0.1, 0.15) is 29.7 Å². The van der Waals surface area contributed by atoms with Gasteiger partial charge >= 0.3 is 0 Å². The summed E-state index contributed by atoms with van der Waals surface area (Å²) in [5.41, 5.74) is 4.29. The molecule has 2 rings (SSSR count). The molecule has 0 unspecified atom stereocenters. The SMILES string of the molecule is Cc1cccc([C@@H](C)Nc2ccccc2S(C)(=O)=O)c1C. The summed E-state index contributed by atoms with van der Waals surface area (Å²) in [5, 5.41) is 3.32. The molecule has 0 saturated heterocycles. The van der Waals surface area contributed by atoms with E-state index in [2.05, 4.69) is 31.3 Å². The molecule has 0 radical (unpaired) electrons. The van der Waals surface area contributed by atoms with Gasteiger partial charge in [0.15, 0.2) is 9.84 Å². The van der Waals surface area contributed by atoms with Crippen molar-refractivity contribution in [3.63, 3.8) is 0 Å². The standard InChI is InChI=1S/C17H21NO2S/c1-12-8-7-9-15(13(12)2)14(3)18-16-10-5-6-11-17(16)21(4,19)20/h5-11,14,18H,1-4H3/t14-/m1/s1. The molecule has 0 aliphatic carbocycles. The molecule has 0 aliphatic heterocycles. The zero-order valence-corrected chi connectivity index (χ0v) is 13.7.